The zero-order valence-corrected chi connectivity index (χ0v) is 19.0. The summed E-state index contributed by atoms with van der Waals surface area (Å²) in [7, 11) is 0. The van der Waals surface area contributed by atoms with Crippen molar-refractivity contribution in [1.29, 1.82) is 5.41 Å². The lowest BCUT2D eigenvalue weighted by Crippen LogP contribution is -2.56. The van der Waals surface area contributed by atoms with Gasteiger partial charge in [-0.25, -0.2) is 0 Å². The molecule has 0 radical (unpaired) electrons. The average Bonchev–Trinajstić information content (AvgIpc) is 3.54. The number of rotatable bonds is 8. The summed E-state index contributed by atoms with van der Waals surface area (Å²) in [5.41, 5.74) is 5.51. The fraction of sp³-hybridized carbons (Fsp3) is 0.360. The average molecular weight is 451 g/mol. The van der Waals surface area contributed by atoms with Crippen LogP contribution in [-0.4, -0.2) is 28.7 Å². The van der Waals surface area contributed by atoms with Gasteiger partial charge in [-0.1, -0.05) is 51.1 Å². The number of carbonyl (C=O) groups excluding carboxylic acids is 2. The molecule has 1 fully saturated rings. The molecule has 2 aromatic rings. The van der Waals surface area contributed by atoms with Gasteiger partial charge in [0.15, 0.2) is 0 Å². The number of carbonyl (C=O) groups is 3. The molecule has 2 amide bonds. The molecule has 8 heteroatoms. The number of benzene rings is 2. The number of aliphatic carboxylic acids is 1. The van der Waals surface area contributed by atoms with Crippen LogP contribution in [0.1, 0.15) is 44.7 Å². The molecule has 33 heavy (non-hydrogen) atoms. The van der Waals surface area contributed by atoms with Gasteiger partial charge in [-0.15, -0.1) is 0 Å². The van der Waals surface area contributed by atoms with Crippen molar-refractivity contribution in [1.82, 2.24) is 5.32 Å². The molecule has 1 saturated carbocycles. The molecule has 0 aliphatic heterocycles. The van der Waals surface area contributed by atoms with Crippen LogP contribution in [0, 0.1) is 22.7 Å². The Balaban J connectivity index is 1.75. The number of amidine groups is 1. The van der Waals surface area contributed by atoms with E-state index in [9.17, 15) is 19.5 Å². The van der Waals surface area contributed by atoms with Crippen molar-refractivity contribution in [3.05, 3.63) is 65.7 Å². The standard InChI is InChI=1S/C25H30N4O4/c1-24(2,3)25(14-20(30)31,16-7-5-4-6-8-16)29-23(33)19-13-18(19)22(32)28-17-11-9-15(10-12-17)21(26)27/h4-12,18-19H,13-14H2,1-3H3,(H3,26,27)(H,28,32)(H,29,33)(H,30,31)/t18?,19?,25-/m1/s1. The van der Waals surface area contributed by atoms with Gasteiger partial charge in [-0.05, 0) is 41.7 Å². The van der Waals surface area contributed by atoms with Crippen molar-refractivity contribution in [3.8, 4) is 0 Å². The molecule has 1 aliphatic rings. The van der Waals surface area contributed by atoms with Crippen LogP contribution in [-0.2, 0) is 19.9 Å². The van der Waals surface area contributed by atoms with Crippen LogP contribution >= 0.6 is 0 Å². The van der Waals surface area contributed by atoms with E-state index in [4.69, 9.17) is 11.1 Å². The van der Waals surface area contributed by atoms with Crippen molar-refractivity contribution in [2.75, 3.05) is 5.32 Å². The zero-order chi connectivity index (χ0) is 24.4. The molecule has 8 nitrogen and oxygen atoms in total. The van der Waals surface area contributed by atoms with E-state index >= 15 is 0 Å². The van der Waals surface area contributed by atoms with Crippen LogP contribution < -0.4 is 16.4 Å². The van der Waals surface area contributed by atoms with Crippen LogP contribution in [0.2, 0.25) is 0 Å². The number of amides is 2. The van der Waals surface area contributed by atoms with Crippen molar-refractivity contribution in [2.45, 2.75) is 39.2 Å². The Kier molecular flexibility index (Phi) is 6.58. The van der Waals surface area contributed by atoms with Gasteiger partial charge in [0.1, 0.15) is 5.84 Å². The molecule has 0 saturated heterocycles. The van der Waals surface area contributed by atoms with E-state index in [1.54, 1.807) is 24.3 Å². The Bertz CT molecular complexity index is 1060. The van der Waals surface area contributed by atoms with Gasteiger partial charge in [0.2, 0.25) is 11.8 Å². The number of carboxylic acid groups (broad SMARTS) is 1. The molecule has 2 unspecified atom stereocenters. The number of carboxylic acids is 1. The maximum absolute atomic E-state index is 13.2. The SMILES string of the molecule is CC(C)(C)[C@](CC(=O)O)(NC(=O)C1CC1C(=O)Nc1ccc(C(=N)N)cc1)c1ccccc1. The minimum Gasteiger partial charge on any atom is -0.481 e. The van der Waals surface area contributed by atoms with Gasteiger partial charge in [-0.2, -0.15) is 0 Å². The molecular weight excluding hydrogens is 420 g/mol. The van der Waals surface area contributed by atoms with Gasteiger partial charge >= 0.3 is 5.97 Å². The largest absolute Gasteiger partial charge is 0.481 e. The van der Waals surface area contributed by atoms with E-state index in [2.05, 4.69) is 10.6 Å². The zero-order valence-electron chi connectivity index (χ0n) is 19.0. The third-order valence-electron chi connectivity index (χ3n) is 6.23. The topological polar surface area (TPSA) is 145 Å². The Morgan fingerprint density at radius 1 is 1.00 bits per heavy atom. The van der Waals surface area contributed by atoms with E-state index in [-0.39, 0.29) is 24.1 Å². The minimum absolute atomic E-state index is 0.0612. The maximum atomic E-state index is 13.2. The van der Waals surface area contributed by atoms with Crippen molar-refractivity contribution < 1.29 is 19.5 Å². The van der Waals surface area contributed by atoms with E-state index in [0.717, 1.165) is 0 Å². The molecule has 0 heterocycles. The van der Waals surface area contributed by atoms with Crippen LogP contribution in [0.25, 0.3) is 0 Å². The van der Waals surface area contributed by atoms with Gasteiger partial charge < -0.3 is 21.5 Å². The molecule has 174 valence electrons. The first-order valence-corrected chi connectivity index (χ1v) is 10.8. The highest BCUT2D eigenvalue weighted by molar-refractivity contribution is 6.00. The lowest BCUT2D eigenvalue weighted by molar-refractivity contribution is -0.141. The van der Waals surface area contributed by atoms with Crippen LogP contribution in [0.4, 0.5) is 5.69 Å². The Morgan fingerprint density at radius 3 is 2.09 bits per heavy atom. The summed E-state index contributed by atoms with van der Waals surface area (Å²) in [5.74, 6) is -2.70. The summed E-state index contributed by atoms with van der Waals surface area (Å²) < 4.78 is 0. The summed E-state index contributed by atoms with van der Waals surface area (Å²) in [6, 6.07) is 15.7. The van der Waals surface area contributed by atoms with Crippen molar-refractivity contribution in [3.63, 3.8) is 0 Å². The minimum atomic E-state index is -1.14. The normalized spacial score (nSPS) is 19.1. The molecule has 6 N–H and O–H groups in total. The quantitative estimate of drug-likeness (QED) is 0.310. The number of hydrogen-bond donors (Lipinski definition) is 5. The lowest BCUT2D eigenvalue weighted by atomic mass is 9.67. The van der Waals surface area contributed by atoms with Gasteiger partial charge in [0, 0.05) is 11.3 Å². The third-order valence-corrected chi connectivity index (χ3v) is 6.23. The highest BCUT2D eigenvalue weighted by Gasteiger charge is 2.53. The van der Waals surface area contributed by atoms with E-state index in [1.807, 2.05) is 51.1 Å². The fourth-order valence-corrected chi connectivity index (χ4v) is 4.10. The second-order valence-corrected chi connectivity index (χ2v) is 9.51. The summed E-state index contributed by atoms with van der Waals surface area (Å²) in [5, 5.41) is 22.9. The van der Waals surface area contributed by atoms with Gasteiger partial charge in [0.25, 0.3) is 0 Å². The molecule has 3 atom stereocenters. The van der Waals surface area contributed by atoms with Crippen LogP contribution in [0.15, 0.2) is 54.6 Å². The first-order chi connectivity index (χ1) is 15.4. The van der Waals surface area contributed by atoms with Crippen LogP contribution in [0.5, 0.6) is 0 Å². The predicted octanol–water partition coefficient (Wildman–Crippen LogP) is 3.08. The Morgan fingerprint density at radius 2 is 1.58 bits per heavy atom. The molecule has 3 rings (SSSR count). The fourth-order valence-electron chi connectivity index (χ4n) is 4.10. The van der Waals surface area contributed by atoms with Gasteiger partial charge in [0.05, 0.1) is 23.8 Å². The Labute approximate surface area is 193 Å². The van der Waals surface area contributed by atoms with Crippen molar-refractivity contribution >= 4 is 29.3 Å². The molecule has 1 aliphatic carbocycles. The molecule has 0 aromatic heterocycles. The number of nitrogens with one attached hydrogen (secondary N) is 3. The molecule has 2 aromatic carbocycles. The number of anilines is 1. The summed E-state index contributed by atoms with van der Waals surface area (Å²) in [6.07, 6.45) is 0.115. The monoisotopic (exact) mass is 450 g/mol. The molecule has 0 spiro atoms. The second-order valence-electron chi connectivity index (χ2n) is 9.51. The second kappa shape index (κ2) is 9.05. The molecule has 0 bridgehead atoms. The smallest absolute Gasteiger partial charge is 0.306 e. The third kappa shape index (κ3) is 5.22. The van der Waals surface area contributed by atoms with E-state index in [1.165, 1.54) is 0 Å². The first kappa shape index (κ1) is 24.0. The summed E-state index contributed by atoms with van der Waals surface area (Å²) in [4.78, 5) is 37.7. The number of hydrogen-bond acceptors (Lipinski definition) is 4. The number of nitrogens with two attached hydrogens (primary N) is 1. The van der Waals surface area contributed by atoms with E-state index in [0.29, 0.717) is 23.2 Å². The highest BCUT2D eigenvalue weighted by Crippen LogP contribution is 2.45. The van der Waals surface area contributed by atoms with E-state index < -0.39 is 28.8 Å². The first-order valence-electron chi connectivity index (χ1n) is 10.8. The van der Waals surface area contributed by atoms with Crippen molar-refractivity contribution in [2.24, 2.45) is 23.0 Å². The highest BCUT2D eigenvalue weighted by atomic mass is 16.4. The summed E-state index contributed by atoms with van der Waals surface area (Å²) in [6.45, 7) is 5.68. The summed E-state index contributed by atoms with van der Waals surface area (Å²) >= 11 is 0. The maximum Gasteiger partial charge on any atom is 0.306 e. The van der Waals surface area contributed by atoms with Crippen LogP contribution in [0.3, 0.4) is 0 Å². The lowest BCUT2D eigenvalue weighted by Gasteiger charge is -2.45. The number of nitrogen functional groups attached to an aromatic ring is 1. The molecular formula is C25H30N4O4. The Hall–Kier alpha value is -3.68. The van der Waals surface area contributed by atoms with Gasteiger partial charge in [-0.3, -0.25) is 19.8 Å². The predicted molar refractivity (Wildman–Crippen MR) is 126 cm³/mol.